The Morgan fingerprint density at radius 1 is 0.857 bits per heavy atom. The van der Waals surface area contributed by atoms with E-state index in [1.54, 1.807) is 31.2 Å². The van der Waals surface area contributed by atoms with Gasteiger partial charge in [-0.2, -0.15) is 13.2 Å². The Balaban J connectivity index is 1.70. The quantitative estimate of drug-likeness (QED) is 0.450. The molecular weight excluding hydrogens is 465 g/mol. The third-order valence-corrected chi connectivity index (χ3v) is 4.94. The molecule has 35 heavy (non-hydrogen) atoms. The number of carbonyl (C=O) groups excluding carboxylic acids is 2. The van der Waals surface area contributed by atoms with Crippen LogP contribution in [0.4, 0.5) is 24.5 Å². The lowest BCUT2D eigenvalue weighted by Crippen LogP contribution is -2.22. The predicted octanol–water partition coefficient (Wildman–Crippen LogP) is 5.30. The van der Waals surface area contributed by atoms with Crippen molar-refractivity contribution in [1.82, 2.24) is 0 Å². The summed E-state index contributed by atoms with van der Waals surface area (Å²) >= 11 is 0. The normalized spacial score (nSPS) is 10.9. The van der Waals surface area contributed by atoms with Crippen LogP contribution in [0.15, 0.2) is 60.7 Å². The first-order valence-corrected chi connectivity index (χ1v) is 10.3. The molecule has 3 rings (SSSR count). The van der Waals surface area contributed by atoms with Crippen LogP contribution in [0.3, 0.4) is 0 Å². The van der Waals surface area contributed by atoms with Gasteiger partial charge >= 0.3 is 6.18 Å². The molecule has 2 amide bonds. The first-order chi connectivity index (χ1) is 16.6. The third kappa shape index (κ3) is 6.44. The first-order valence-electron chi connectivity index (χ1n) is 10.3. The van der Waals surface area contributed by atoms with E-state index in [1.807, 2.05) is 0 Å². The molecule has 0 radical (unpaired) electrons. The summed E-state index contributed by atoms with van der Waals surface area (Å²) in [5.41, 5.74) is 0.472. The standard InChI is InChI=1S/C25H23F3N2O5/c1-15-11-21(33-2)22(34-3)13-19(15)30-24(32)18-9-4-5-10-20(18)35-14-23(31)29-17-8-6-7-16(12-17)25(26,27)28/h4-13H,14H2,1-3H3,(H,29,31)(H,30,32). The van der Waals surface area contributed by atoms with E-state index in [0.29, 0.717) is 17.2 Å². The number of rotatable bonds is 8. The number of hydrogen-bond donors (Lipinski definition) is 2. The van der Waals surface area contributed by atoms with Gasteiger partial charge < -0.3 is 24.8 Å². The number of alkyl halides is 3. The molecule has 0 aliphatic rings. The van der Waals surface area contributed by atoms with Gasteiger partial charge in [-0.05, 0) is 48.9 Å². The molecule has 0 saturated heterocycles. The molecule has 0 saturated carbocycles. The molecule has 0 bridgehead atoms. The lowest BCUT2D eigenvalue weighted by molar-refractivity contribution is -0.137. The Hall–Kier alpha value is -4.21. The van der Waals surface area contributed by atoms with E-state index in [0.717, 1.165) is 17.7 Å². The van der Waals surface area contributed by atoms with Crippen molar-refractivity contribution in [1.29, 1.82) is 0 Å². The summed E-state index contributed by atoms with van der Waals surface area (Å²) in [6, 6.07) is 13.9. The average Bonchev–Trinajstić information content (AvgIpc) is 2.83. The highest BCUT2D eigenvalue weighted by Gasteiger charge is 2.30. The number of nitrogens with one attached hydrogen (secondary N) is 2. The predicted molar refractivity (Wildman–Crippen MR) is 124 cm³/mol. The molecule has 3 aromatic carbocycles. The summed E-state index contributed by atoms with van der Waals surface area (Å²) in [4.78, 5) is 25.2. The van der Waals surface area contributed by atoms with Crippen molar-refractivity contribution in [3.63, 3.8) is 0 Å². The Kier molecular flexibility index (Phi) is 7.85. The molecule has 0 aromatic heterocycles. The maximum atomic E-state index is 12.9. The monoisotopic (exact) mass is 488 g/mol. The minimum Gasteiger partial charge on any atom is -0.493 e. The van der Waals surface area contributed by atoms with Gasteiger partial charge in [0.05, 0.1) is 25.3 Å². The van der Waals surface area contributed by atoms with Crippen molar-refractivity contribution < 1.29 is 37.0 Å². The minimum atomic E-state index is -4.53. The zero-order valence-corrected chi connectivity index (χ0v) is 19.2. The maximum absolute atomic E-state index is 12.9. The van der Waals surface area contributed by atoms with Gasteiger partial charge in [0, 0.05) is 17.4 Å². The number of halogens is 3. The number of carbonyl (C=O) groups is 2. The summed E-state index contributed by atoms with van der Waals surface area (Å²) in [6.07, 6.45) is -4.53. The Morgan fingerprint density at radius 3 is 2.23 bits per heavy atom. The van der Waals surface area contributed by atoms with Gasteiger partial charge in [0.2, 0.25) is 0 Å². The number of aryl methyl sites for hydroxylation is 1. The SMILES string of the molecule is COc1cc(C)c(NC(=O)c2ccccc2OCC(=O)Nc2cccc(C(F)(F)F)c2)cc1OC. The van der Waals surface area contributed by atoms with Crippen LogP contribution in [0.25, 0.3) is 0 Å². The van der Waals surface area contributed by atoms with Crippen molar-refractivity contribution in [3.05, 3.63) is 77.4 Å². The highest BCUT2D eigenvalue weighted by molar-refractivity contribution is 6.06. The topological polar surface area (TPSA) is 85.9 Å². The number of para-hydroxylation sites is 1. The minimum absolute atomic E-state index is 0.0246. The number of hydrogen-bond acceptors (Lipinski definition) is 5. The fourth-order valence-electron chi connectivity index (χ4n) is 3.20. The molecule has 0 spiro atoms. The van der Waals surface area contributed by atoms with Crippen molar-refractivity contribution in [2.45, 2.75) is 13.1 Å². The molecule has 0 unspecified atom stereocenters. The molecule has 2 N–H and O–H groups in total. The van der Waals surface area contributed by atoms with Crippen LogP contribution in [0.2, 0.25) is 0 Å². The van der Waals surface area contributed by atoms with Crippen LogP contribution in [0.5, 0.6) is 17.2 Å². The Labute approximate surface area is 199 Å². The molecule has 0 atom stereocenters. The fraction of sp³-hybridized carbons (Fsp3) is 0.200. The second-order valence-corrected chi connectivity index (χ2v) is 7.39. The van der Waals surface area contributed by atoms with Crippen LogP contribution in [-0.4, -0.2) is 32.6 Å². The van der Waals surface area contributed by atoms with Gasteiger partial charge in [-0.15, -0.1) is 0 Å². The number of anilines is 2. The van der Waals surface area contributed by atoms with E-state index in [9.17, 15) is 22.8 Å². The number of amides is 2. The zero-order chi connectivity index (χ0) is 25.6. The first kappa shape index (κ1) is 25.4. The number of methoxy groups -OCH3 is 2. The van der Waals surface area contributed by atoms with Crippen molar-refractivity contribution in [2.24, 2.45) is 0 Å². The smallest absolute Gasteiger partial charge is 0.416 e. The highest BCUT2D eigenvalue weighted by atomic mass is 19.4. The zero-order valence-electron chi connectivity index (χ0n) is 19.2. The molecular formula is C25H23F3N2O5. The second-order valence-electron chi connectivity index (χ2n) is 7.39. The second kappa shape index (κ2) is 10.8. The van der Waals surface area contributed by atoms with E-state index >= 15 is 0 Å². The molecule has 3 aromatic rings. The summed E-state index contributed by atoms with van der Waals surface area (Å²) in [6.45, 7) is 1.27. The van der Waals surface area contributed by atoms with Crippen molar-refractivity contribution in [3.8, 4) is 17.2 Å². The lowest BCUT2D eigenvalue weighted by Gasteiger charge is -2.15. The van der Waals surface area contributed by atoms with Crippen molar-refractivity contribution >= 4 is 23.2 Å². The molecule has 0 fully saturated rings. The lowest BCUT2D eigenvalue weighted by atomic mass is 10.1. The van der Waals surface area contributed by atoms with Crippen LogP contribution in [0.1, 0.15) is 21.5 Å². The summed E-state index contributed by atoms with van der Waals surface area (Å²) < 4.78 is 54.6. The van der Waals surface area contributed by atoms with Crippen LogP contribution < -0.4 is 24.8 Å². The van der Waals surface area contributed by atoms with Crippen LogP contribution in [0, 0.1) is 6.92 Å². The highest BCUT2D eigenvalue weighted by Crippen LogP contribution is 2.33. The molecule has 0 aliphatic heterocycles. The van der Waals surface area contributed by atoms with E-state index in [-0.39, 0.29) is 17.0 Å². The van der Waals surface area contributed by atoms with Gasteiger partial charge in [-0.1, -0.05) is 18.2 Å². The summed E-state index contributed by atoms with van der Waals surface area (Å²) in [7, 11) is 2.98. The van der Waals surface area contributed by atoms with Gasteiger partial charge in [0.1, 0.15) is 5.75 Å². The molecule has 184 valence electrons. The van der Waals surface area contributed by atoms with Gasteiger partial charge in [-0.25, -0.2) is 0 Å². The fourth-order valence-corrected chi connectivity index (χ4v) is 3.20. The average molecular weight is 488 g/mol. The third-order valence-electron chi connectivity index (χ3n) is 4.94. The summed E-state index contributed by atoms with van der Waals surface area (Å²) in [5, 5.41) is 5.13. The maximum Gasteiger partial charge on any atom is 0.416 e. The number of benzene rings is 3. The molecule has 0 aliphatic carbocycles. The van der Waals surface area contributed by atoms with E-state index in [2.05, 4.69) is 10.6 Å². The Morgan fingerprint density at radius 2 is 1.54 bits per heavy atom. The molecule has 0 heterocycles. The number of ether oxygens (including phenoxy) is 3. The Bertz CT molecular complexity index is 1230. The molecule has 7 nitrogen and oxygen atoms in total. The van der Waals surface area contributed by atoms with Gasteiger partial charge in [-0.3, -0.25) is 9.59 Å². The van der Waals surface area contributed by atoms with Gasteiger partial charge in [0.25, 0.3) is 11.8 Å². The summed E-state index contributed by atoms with van der Waals surface area (Å²) in [5.74, 6) is -0.102. The molecule has 10 heteroatoms. The van der Waals surface area contributed by atoms with E-state index in [1.165, 1.54) is 38.5 Å². The van der Waals surface area contributed by atoms with Crippen LogP contribution >= 0.6 is 0 Å². The van der Waals surface area contributed by atoms with Crippen molar-refractivity contribution in [2.75, 3.05) is 31.5 Å². The van der Waals surface area contributed by atoms with E-state index < -0.39 is 30.2 Å². The van der Waals surface area contributed by atoms with E-state index in [4.69, 9.17) is 14.2 Å². The van der Waals surface area contributed by atoms with Crippen LogP contribution in [-0.2, 0) is 11.0 Å². The van der Waals surface area contributed by atoms with Gasteiger partial charge in [0.15, 0.2) is 18.1 Å². The largest absolute Gasteiger partial charge is 0.493 e.